The average Bonchev–Trinajstić information content (AvgIpc) is 2.42. The number of nitrogens with one attached hydrogen (secondary N) is 2. The number of ether oxygens (including phenoxy) is 1. The van der Waals surface area contributed by atoms with Crippen LogP contribution in [0.1, 0.15) is 52.9 Å². The number of piperidine rings is 1. The zero-order valence-corrected chi connectivity index (χ0v) is 12.8. The van der Waals surface area contributed by atoms with Crippen LogP contribution in [0.25, 0.3) is 0 Å². The third-order valence-electron chi connectivity index (χ3n) is 4.03. The normalized spacial score (nSPS) is 18.5. The minimum atomic E-state index is -0.125. The highest BCUT2D eigenvalue weighted by Gasteiger charge is 2.37. The minimum Gasteiger partial charge on any atom is -0.379 e. The summed E-state index contributed by atoms with van der Waals surface area (Å²) in [5, 5.41) is 6.44. The molecule has 1 aliphatic rings. The van der Waals surface area contributed by atoms with Crippen LogP contribution in [0.5, 0.6) is 0 Å². The van der Waals surface area contributed by atoms with Gasteiger partial charge in [0.1, 0.15) is 0 Å². The SMILES string of the molecule is CCC1(C(=O)NCCCCOC(C)C)CCNCC1. The van der Waals surface area contributed by atoms with Gasteiger partial charge in [-0.25, -0.2) is 0 Å². The molecule has 1 aliphatic heterocycles. The Labute approximate surface area is 117 Å². The molecule has 0 radical (unpaired) electrons. The highest BCUT2D eigenvalue weighted by Crippen LogP contribution is 2.32. The fraction of sp³-hybridized carbons (Fsp3) is 0.933. The van der Waals surface area contributed by atoms with Crippen LogP contribution in [0.3, 0.4) is 0 Å². The van der Waals surface area contributed by atoms with Crippen molar-refractivity contribution in [3.8, 4) is 0 Å². The van der Waals surface area contributed by atoms with Crippen LogP contribution in [0.2, 0.25) is 0 Å². The van der Waals surface area contributed by atoms with Gasteiger partial charge in [0, 0.05) is 13.2 Å². The van der Waals surface area contributed by atoms with Crippen molar-refractivity contribution in [3.63, 3.8) is 0 Å². The molecule has 1 heterocycles. The lowest BCUT2D eigenvalue weighted by Gasteiger charge is -2.35. The van der Waals surface area contributed by atoms with E-state index in [9.17, 15) is 4.79 Å². The number of unbranched alkanes of at least 4 members (excludes halogenated alkanes) is 1. The first-order chi connectivity index (χ1) is 9.10. The van der Waals surface area contributed by atoms with E-state index in [2.05, 4.69) is 17.6 Å². The first kappa shape index (κ1) is 16.4. The highest BCUT2D eigenvalue weighted by atomic mass is 16.5. The maximum absolute atomic E-state index is 12.3. The Morgan fingerprint density at radius 2 is 2.00 bits per heavy atom. The molecule has 0 spiro atoms. The molecule has 1 rings (SSSR count). The van der Waals surface area contributed by atoms with E-state index in [1.165, 1.54) is 0 Å². The molecule has 19 heavy (non-hydrogen) atoms. The van der Waals surface area contributed by atoms with Crippen LogP contribution in [-0.2, 0) is 9.53 Å². The van der Waals surface area contributed by atoms with Gasteiger partial charge in [-0.2, -0.15) is 0 Å². The Hall–Kier alpha value is -0.610. The van der Waals surface area contributed by atoms with Gasteiger partial charge in [0.15, 0.2) is 0 Å². The smallest absolute Gasteiger partial charge is 0.226 e. The molecule has 0 aromatic rings. The van der Waals surface area contributed by atoms with Crippen molar-refractivity contribution in [1.82, 2.24) is 10.6 Å². The Bertz CT molecular complexity index is 261. The van der Waals surface area contributed by atoms with Crippen molar-refractivity contribution in [1.29, 1.82) is 0 Å². The van der Waals surface area contributed by atoms with E-state index >= 15 is 0 Å². The van der Waals surface area contributed by atoms with Crippen molar-refractivity contribution >= 4 is 5.91 Å². The van der Waals surface area contributed by atoms with Crippen LogP contribution in [0.4, 0.5) is 0 Å². The van der Waals surface area contributed by atoms with E-state index in [-0.39, 0.29) is 11.3 Å². The third kappa shape index (κ3) is 5.49. The molecule has 2 N–H and O–H groups in total. The molecule has 0 aromatic heterocycles. The molecule has 0 aromatic carbocycles. The first-order valence-electron chi connectivity index (χ1n) is 7.71. The van der Waals surface area contributed by atoms with Gasteiger partial charge in [0.05, 0.1) is 11.5 Å². The molecule has 0 unspecified atom stereocenters. The Balaban J connectivity index is 2.18. The lowest BCUT2D eigenvalue weighted by atomic mass is 9.76. The zero-order chi connectivity index (χ0) is 14.1. The topological polar surface area (TPSA) is 50.4 Å². The fourth-order valence-electron chi connectivity index (χ4n) is 2.58. The molecule has 4 heteroatoms. The third-order valence-corrected chi connectivity index (χ3v) is 4.03. The second-order valence-electron chi connectivity index (χ2n) is 5.77. The van der Waals surface area contributed by atoms with Crippen LogP contribution in [0, 0.1) is 5.41 Å². The molecule has 0 saturated carbocycles. The van der Waals surface area contributed by atoms with Crippen molar-refractivity contribution in [3.05, 3.63) is 0 Å². The van der Waals surface area contributed by atoms with E-state index in [0.717, 1.165) is 58.3 Å². The highest BCUT2D eigenvalue weighted by molar-refractivity contribution is 5.82. The molecule has 1 amide bonds. The van der Waals surface area contributed by atoms with Crippen LogP contribution >= 0.6 is 0 Å². The number of rotatable bonds is 8. The second-order valence-corrected chi connectivity index (χ2v) is 5.77. The van der Waals surface area contributed by atoms with Crippen LogP contribution in [-0.4, -0.2) is 38.3 Å². The lowest BCUT2D eigenvalue weighted by Crippen LogP contribution is -2.47. The Morgan fingerprint density at radius 3 is 2.58 bits per heavy atom. The van der Waals surface area contributed by atoms with Crippen molar-refractivity contribution < 1.29 is 9.53 Å². The largest absolute Gasteiger partial charge is 0.379 e. The molecule has 1 fully saturated rings. The maximum Gasteiger partial charge on any atom is 0.226 e. The van der Waals surface area contributed by atoms with E-state index in [4.69, 9.17) is 4.74 Å². The molecule has 112 valence electrons. The van der Waals surface area contributed by atoms with E-state index in [0.29, 0.717) is 6.10 Å². The monoisotopic (exact) mass is 270 g/mol. The predicted molar refractivity (Wildman–Crippen MR) is 78.2 cm³/mol. The van der Waals surface area contributed by atoms with Crippen LogP contribution in [0.15, 0.2) is 0 Å². The summed E-state index contributed by atoms with van der Waals surface area (Å²) in [6, 6.07) is 0. The average molecular weight is 270 g/mol. The molecular weight excluding hydrogens is 240 g/mol. The van der Waals surface area contributed by atoms with Gasteiger partial charge in [-0.3, -0.25) is 4.79 Å². The van der Waals surface area contributed by atoms with Gasteiger partial charge in [0.2, 0.25) is 5.91 Å². The van der Waals surface area contributed by atoms with E-state index in [1.807, 2.05) is 13.8 Å². The molecular formula is C15H30N2O2. The van der Waals surface area contributed by atoms with Gasteiger partial charge < -0.3 is 15.4 Å². The summed E-state index contributed by atoms with van der Waals surface area (Å²) in [5.74, 6) is 0.251. The van der Waals surface area contributed by atoms with Gasteiger partial charge >= 0.3 is 0 Å². The Morgan fingerprint density at radius 1 is 1.32 bits per heavy atom. The summed E-state index contributed by atoms with van der Waals surface area (Å²) in [7, 11) is 0. The second kappa shape index (κ2) is 8.54. The van der Waals surface area contributed by atoms with Gasteiger partial charge in [-0.05, 0) is 59.0 Å². The van der Waals surface area contributed by atoms with Gasteiger partial charge in [-0.15, -0.1) is 0 Å². The lowest BCUT2D eigenvalue weighted by molar-refractivity contribution is -0.132. The van der Waals surface area contributed by atoms with E-state index < -0.39 is 0 Å². The standard InChI is InChI=1S/C15H30N2O2/c1-4-15(7-10-16-11-8-15)14(18)17-9-5-6-12-19-13(2)3/h13,16H,4-12H2,1-3H3,(H,17,18). The summed E-state index contributed by atoms with van der Waals surface area (Å²) in [6.45, 7) is 9.70. The predicted octanol–water partition coefficient (Wildman–Crippen LogP) is 2.09. The van der Waals surface area contributed by atoms with Crippen molar-refractivity contribution in [2.24, 2.45) is 5.41 Å². The van der Waals surface area contributed by atoms with Crippen LogP contribution < -0.4 is 10.6 Å². The van der Waals surface area contributed by atoms with Gasteiger partial charge in [0.25, 0.3) is 0 Å². The number of hydrogen-bond acceptors (Lipinski definition) is 3. The summed E-state index contributed by atoms with van der Waals surface area (Å²) < 4.78 is 5.49. The number of amides is 1. The summed E-state index contributed by atoms with van der Waals surface area (Å²) in [6.07, 6.45) is 5.18. The zero-order valence-electron chi connectivity index (χ0n) is 12.8. The minimum absolute atomic E-state index is 0.125. The number of carbonyl (C=O) groups excluding carboxylic acids is 1. The number of carbonyl (C=O) groups is 1. The Kier molecular flexibility index (Phi) is 7.39. The van der Waals surface area contributed by atoms with Crippen molar-refractivity contribution in [2.45, 2.75) is 59.0 Å². The molecule has 1 saturated heterocycles. The fourth-order valence-corrected chi connectivity index (χ4v) is 2.58. The maximum atomic E-state index is 12.3. The molecule has 4 nitrogen and oxygen atoms in total. The van der Waals surface area contributed by atoms with Gasteiger partial charge in [-0.1, -0.05) is 6.92 Å². The van der Waals surface area contributed by atoms with E-state index in [1.54, 1.807) is 0 Å². The molecule has 0 atom stereocenters. The summed E-state index contributed by atoms with van der Waals surface area (Å²) in [4.78, 5) is 12.3. The summed E-state index contributed by atoms with van der Waals surface area (Å²) >= 11 is 0. The van der Waals surface area contributed by atoms with Crippen molar-refractivity contribution in [2.75, 3.05) is 26.2 Å². The first-order valence-corrected chi connectivity index (χ1v) is 7.71. The summed E-state index contributed by atoms with van der Waals surface area (Å²) in [5.41, 5.74) is -0.125. The molecule has 0 aliphatic carbocycles. The molecule has 0 bridgehead atoms. The quantitative estimate of drug-likeness (QED) is 0.664. The number of hydrogen-bond donors (Lipinski definition) is 2.